The molecule has 0 aromatic carbocycles. The van der Waals surface area contributed by atoms with Crippen LogP contribution in [0.25, 0.3) is 0 Å². The van der Waals surface area contributed by atoms with Crippen molar-refractivity contribution in [2.24, 2.45) is 23.7 Å². The van der Waals surface area contributed by atoms with Crippen LogP contribution >= 0.6 is 0 Å². The quantitative estimate of drug-likeness (QED) is 0.804. The first-order chi connectivity index (χ1) is 9.20. The topological polar surface area (TPSA) is 49.3 Å². The highest BCUT2D eigenvalue weighted by molar-refractivity contribution is 5.78. The van der Waals surface area contributed by atoms with E-state index in [9.17, 15) is 4.79 Å². The fraction of sp³-hybridized carbons (Fsp3) is 0.938. The Hall–Kier alpha value is -0.570. The van der Waals surface area contributed by atoms with Crippen LogP contribution in [-0.2, 0) is 4.79 Å². The van der Waals surface area contributed by atoms with E-state index in [1.165, 1.54) is 32.1 Å². The average Bonchev–Trinajstić information content (AvgIpc) is 2.44. The van der Waals surface area contributed by atoms with Crippen molar-refractivity contribution in [2.45, 2.75) is 58.3 Å². The number of hydrogen-bond donors (Lipinski definition) is 2. The summed E-state index contributed by atoms with van der Waals surface area (Å²) in [6, 6.07) is 0. The fourth-order valence-electron chi connectivity index (χ4n) is 3.85. The maximum atomic E-state index is 12.2. The van der Waals surface area contributed by atoms with Gasteiger partial charge < -0.3 is 10.4 Å². The van der Waals surface area contributed by atoms with Gasteiger partial charge in [-0.05, 0) is 43.4 Å². The van der Waals surface area contributed by atoms with Crippen molar-refractivity contribution in [2.75, 3.05) is 13.2 Å². The summed E-state index contributed by atoms with van der Waals surface area (Å²) in [7, 11) is 0. The van der Waals surface area contributed by atoms with Crippen molar-refractivity contribution in [1.82, 2.24) is 5.32 Å². The van der Waals surface area contributed by atoms with Gasteiger partial charge in [0.25, 0.3) is 0 Å². The molecule has 0 heterocycles. The van der Waals surface area contributed by atoms with Gasteiger partial charge in [0.1, 0.15) is 0 Å². The minimum absolute atomic E-state index is 0.213. The lowest BCUT2D eigenvalue weighted by atomic mass is 9.67. The lowest BCUT2D eigenvalue weighted by Crippen LogP contribution is -2.38. The second-order valence-corrected chi connectivity index (χ2v) is 6.68. The van der Waals surface area contributed by atoms with Crippen LogP contribution < -0.4 is 5.32 Å². The first-order valence-corrected chi connectivity index (χ1v) is 8.09. The molecule has 0 aromatic rings. The Morgan fingerprint density at radius 3 is 2.68 bits per heavy atom. The van der Waals surface area contributed by atoms with Crippen molar-refractivity contribution < 1.29 is 9.90 Å². The van der Waals surface area contributed by atoms with Gasteiger partial charge in [0, 0.05) is 19.1 Å². The van der Waals surface area contributed by atoms with Gasteiger partial charge in [-0.25, -0.2) is 0 Å². The first kappa shape index (κ1) is 14.8. The summed E-state index contributed by atoms with van der Waals surface area (Å²) in [6.07, 6.45) is 9.73. The van der Waals surface area contributed by atoms with Gasteiger partial charge >= 0.3 is 0 Å². The van der Waals surface area contributed by atoms with Crippen molar-refractivity contribution in [3.8, 4) is 0 Å². The van der Waals surface area contributed by atoms with Crippen LogP contribution in [0.3, 0.4) is 0 Å². The Kier molecular flexibility index (Phi) is 5.68. The lowest BCUT2D eigenvalue weighted by molar-refractivity contribution is -0.127. The minimum atomic E-state index is 0.213. The number of nitrogens with one attached hydrogen (secondary N) is 1. The molecule has 110 valence electrons. The molecule has 4 unspecified atom stereocenters. The molecule has 1 amide bonds. The molecular weight excluding hydrogens is 238 g/mol. The Morgan fingerprint density at radius 1 is 1.21 bits per heavy atom. The highest BCUT2D eigenvalue weighted by atomic mass is 16.3. The molecule has 2 aliphatic rings. The number of carbonyl (C=O) groups excluding carboxylic acids is 1. The molecule has 2 aliphatic carbocycles. The third-order valence-electron chi connectivity index (χ3n) is 5.16. The molecule has 4 atom stereocenters. The monoisotopic (exact) mass is 267 g/mol. The fourth-order valence-corrected chi connectivity index (χ4v) is 3.85. The zero-order valence-corrected chi connectivity index (χ0v) is 12.2. The zero-order valence-electron chi connectivity index (χ0n) is 12.2. The van der Waals surface area contributed by atoms with E-state index in [1.807, 2.05) is 0 Å². The summed E-state index contributed by atoms with van der Waals surface area (Å²) in [4.78, 5) is 12.2. The molecule has 2 saturated carbocycles. The third kappa shape index (κ3) is 4.20. The second kappa shape index (κ2) is 7.28. The largest absolute Gasteiger partial charge is 0.396 e. The Labute approximate surface area is 117 Å². The van der Waals surface area contributed by atoms with Crippen LogP contribution in [-0.4, -0.2) is 24.2 Å². The molecule has 19 heavy (non-hydrogen) atoms. The number of hydrogen-bond acceptors (Lipinski definition) is 2. The predicted octanol–water partition coefficient (Wildman–Crippen LogP) is 2.73. The lowest BCUT2D eigenvalue weighted by Gasteiger charge is -2.38. The van der Waals surface area contributed by atoms with Crippen molar-refractivity contribution in [3.05, 3.63) is 0 Å². The van der Waals surface area contributed by atoms with Crippen LogP contribution in [0.5, 0.6) is 0 Å². The summed E-state index contributed by atoms with van der Waals surface area (Å²) >= 11 is 0. The number of carbonyl (C=O) groups is 1. The van der Waals surface area contributed by atoms with Crippen molar-refractivity contribution in [1.29, 1.82) is 0 Å². The Balaban J connectivity index is 1.74. The zero-order chi connectivity index (χ0) is 13.7. The SMILES string of the molecule is CC(CCO)CNC(=O)C1CCC2CCCCC2C1. The maximum absolute atomic E-state index is 12.2. The summed E-state index contributed by atoms with van der Waals surface area (Å²) in [5.41, 5.74) is 0. The smallest absolute Gasteiger partial charge is 0.223 e. The van der Waals surface area contributed by atoms with E-state index in [2.05, 4.69) is 12.2 Å². The van der Waals surface area contributed by atoms with E-state index in [0.29, 0.717) is 12.5 Å². The van der Waals surface area contributed by atoms with Crippen LogP contribution in [0.15, 0.2) is 0 Å². The summed E-state index contributed by atoms with van der Waals surface area (Å²) < 4.78 is 0. The third-order valence-corrected chi connectivity index (χ3v) is 5.16. The molecule has 0 spiro atoms. The molecule has 0 aliphatic heterocycles. The van der Waals surface area contributed by atoms with E-state index in [-0.39, 0.29) is 18.4 Å². The minimum Gasteiger partial charge on any atom is -0.396 e. The van der Waals surface area contributed by atoms with Crippen LogP contribution in [0.4, 0.5) is 0 Å². The highest BCUT2D eigenvalue weighted by Gasteiger charge is 2.34. The molecule has 0 saturated heterocycles. The van der Waals surface area contributed by atoms with Gasteiger partial charge in [0.15, 0.2) is 0 Å². The van der Waals surface area contributed by atoms with Gasteiger partial charge in [-0.15, -0.1) is 0 Å². The average molecular weight is 267 g/mol. The number of rotatable bonds is 5. The molecule has 2 N–H and O–H groups in total. The molecule has 3 nitrogen and oxygen atoms in total. The first-order valence-electron chi connectivity index (χ1n) is 8.09. The molecule has 2 rings (SSSR count). The maximum Gasteiger partial charge on any atom is 0.223 e. The second-order valence-electron chi connectivity index (χ2n) is 6.68. The molecule has 0 aromatic heterocycles. The summed E-state index contributed by atoms with van der Waals surface area (Å²) in [5, 5.41) is 11.9. The number of fused-ring (bicyclic) bond motifs is 1. The van der Waals surface area contributed by atoms with E-state index in [1.54, 1.807) is 0 Å². The van der Waals surface area contributed by atoms with Gasteiger partial charge in [0.05, 0.1) is 0 Å². The van der Waals surface area contributed by atoms with Gasteiger partial charge in [-0.1, -0.05) is 32.6 Å². The molecular formula is C16H29NO2. The van der Waals surface area contributed by atoms with Gasteiger partial charge in [0.2, 0.25) is 5.91 Å². The number of aliphatic hydroxyl groups excluding tert-OH is 1. The Bertz CT molecular complexity index is 292. The molecule has 2 fully saturated rings. The van der Waals surface area contributed by atoms with E-state index in [0.717, 1.165) is 31.1 Å². The predicted molar refractivity (Wildman–Crippen MR) is 76.7 cm³/mol. The molecule has 0 bridgehead atoms. The standard InChI is InChI=1S/C16H29NO2/c1-12(8-9-18)11-17-16(19)15-7-6-13-4-2-3-5-14(13)10-15/h12-15,18H,2-11H2,1H3,(H,17,19). The summed E-state index contributed by atoms with van der Waals surface area (Å²) in [6.45, 7) is 3.00. The summed E-state index contributed by atoms with van der Waals surface area (Å²) in [5.74, 6) is 2.61. The number of aliphatic hydroxyl groups is 1. The normalized spacial score (nSPS) is 32.4. The van der Waals surface area contributed by atoms with Gasteiger partial charge in [-0.3, -0.25) is 4.79 Å². The van der Waals surface area contributed by atoms with Crippen LogP contribution in [0.2, 0.25) is 0 Å². The van der Waals surface area contributed by atoms with Gasteiger partial charge in [-0.2, -0.15) is 0 Å². The van der Waals surface area contributed by atoms with Crippen molar-refractivity contribution >= 4 is 5.91 Å². The van der Waals surface area contributed by atoms with E-state index in [4.69, 9.17) is 5.11 Å². The van der Waals surface area contributed by atoms with Crippen LogP contribution in [0, 0.1) is 23.7 Å². The number of amides is 1. The molecule has 0 radical (unpaired) electrons. The van der Waals surface area contributed by atoms with E-state index < -0.39 is 0 Å². The highest BCUT2D eigenvalue weighted by Crippen LogP contribution is 2.42. The van der Waals surface area contributed by atoms with E-state index >= 15 is 0 Å². The molecule has 3 heteroatoms. The van der Waals surface area contributed by atoms with Crippen molar-refractivity contribution in [3.63, 3.8) is 0 Å². The Morgan fingerprint density at radius 2 is 1.95 bits per heavy atom. The van der Waals surface area contributed by atoms with Crippen LogP contribution in [0.1, 0.15) is 58.3 Å².